The van der Waals surface area contributed by atoms with Crippen molar-refractivity contribution in [3.05, 3.63) is 23.8 Å². The molecule has 15 heavy (non-hydrogen) atoms. The Hall–Kier alpha value is -1.51. The van der Waals surface area contributed by atoms with Gasteiger partial charge in [0.1, 0.15) is 0 Å². The molecule has 2 N–H and O–H groups in total. The molecule has 1 amide bonds. The molecule has 1 atom stereocenters. The maximum atomic E-state index is 11.6. The number of fused-ring (bicyclic) bond motifs is 1. The van der Waals surface area contributed by atoms with Gasteiger partial charge in [-0.05, 0) is 31.0 Å². The Bertz CT molecular complexity index is 387. The number of benzene rings is 1. The Labute approximate surface area is 89.9 Å². The Balaban J connectivity index is 2.36. The molecular weight excluding hydrogens is 188 g/mol. The Morgan fingerprint density at radius 2 is 2.20 bits per heavy atom. The van der Waals surface area contributed by atoms with Crippen molar-refractivity contribution >= 4 is 17.3 Å². The SMILES string of the molecule is CCC1CC(=O)Nc2cc(C)ccc2N1. The molecule has 3 nitrogen and oxygen atoms in total. The molecule has 0 fully saturated rings. The van der Waals surface area contributed by atoms with Crippen molar-refractivity contribution in [2.24, 2.45) is 0 Å². The van der Waals surface area contributed by atoms with Gasteiger partial charge in [-0.1, -0.05) is 13.0 Å². The van der Waals surface area contributed by atoms with Gasteiger partial charge in [-0.2, -0.15) is 0 Å². The molecule has 2 rings (SSSR count). The summed E-state index contributed by atoms with van der Waals surface area (Å²) in [7, 11) is 0. The number of rotatable bonds is 1. The molecule has 1 heterocycles. The van der Waals surface area contributed by atoms with Gasteiger partial charge < -0.3 is 10.6 Å². The normalized spacial score (nSPS) is 19.9. The van der Waals surface area contributed by atoms with Gasteiger partial charge in [0.25, 0.3) is 0 Å². The minimum Gasteiger partial charge on any atom is -0.380 e. The molecular formula is C12H16N2O. The van der Waals surface area contributed by atoms with E-state index in [9.17, 15) is 4.79 Å². The Morgan fingerprint density at radius 1 is 1.40 bits per heavy atom. The molecule has 3 heteroatoms. The lowest BCUT2D eigenvalue weighted by molar-refractivity contribution is -0.116. The molecule has 1 unspecified atom stereocenters. The topological polar surface area (TPSA) is 41.1 Å². The molecule has 0 saturated carbocycles. The number of hydrogen-bond acceptors (Lipinski definition) is 2. The molecule has 1 aromatic rings. The average Bonchev–Trinajstić information content (AvgIpc) is 2.35. The summed E-state index contributed by atoms with van der Waals surface area (Å²) < 4.78 is 0. The number of aryl methyl sites for hydroxylation is 1. The van der Waals surface area contributed by atoms with Gasteiger partial charge in [0.2, 0.25) is 5.91 Å². The van der Waals surface area contributed by atoms with Gasteiger partial charge in [-0.15, -0.1) is 0 Å². The van der Waals surface area contributed by atoms with E-state index in [4.69, 9.17) is 0 Å². The van der Waals surface area contributed by atoms with E-state index in [-0.39, 0.29) is 11.9 Å². The van der Waals surface area contributed by atoms with Crippen LogP contribution in [-0.2, 0) is 4.79 Å². The smallest absolute Gasteiger partial charge is 0.226 e. The lowest BCUT2D eigenvalue weighted by Crippen LogP contribution is -2.21. The molecule has 80 valence electrons. The molecule has 0 saturated heterocycles. The highest BCUT2D eigenvalue weighted by atomic mass is 16.1. The fourth-order valence-corrected chi connectivity index (χ4v) is 1.83. The van der Waals surface area contributed by atoms with Crippen LogP contribution in [0.3, 0.4) is 0 Å². The van der Waals surface area contributed by atoms with Crippen molar-refractivity contribution in [2.75, 3.05) is 10.6 Å². The van der Waals surface area contributed by atoms with Crippen LogP contribution in [0.5, 0.6) is 0 Å². The quantitative estimate of drug-likeness (QED) is 0.738. The minimum absolute atomic E-state index is 0.0960. The van der Waals surface area contributed by atoms with Crippen LogP contribution in [0.15, 0.2) is 18.2 Å². The van der Waals surface area contributed by atoms with Gasteiger partial charge in [-0.25, -0.2) is 0 Å². The second kappa shape index (κ2) is 3.93. The number of carbonyl (C=O) groups excluding carboxylic acids is 1. The van der Waals surface area contributed by atoms with Crippen molar-refractivity contribution in [2.45, 2.75) is 32.7 Å². The highest BCUT2D eigenvalue weighted by Gasteiger charge is 2.18. The lowest BCUT2D eigenvalue weighted by atomic mass is 10.1. The summed E-state index contributed by atoms with van der Waals surface area (Å²) in [5.41, 5.74) is 3.08. The zero-order chi connectivity index (χ0) is 10.8. The van der Waals surface area contributed by atoms with Crippen molar-refractivity contribution in [1.29, 1.82) is 0 Å². The fraction of sp³-hybridized carbons (Fsp3) is 0.417. The first-order valence-corrected chi connectivity index (χ1v) is 5.36. The highest BCUT2D eigenvalue weighted by Crippen LogP contribution is 2.27. The van der Waals surface area contributed by atoms with E-state index >= 15 is 0 Å². The summed E-state index contributed by atoms with van der Waals surface area (Å²) >= 11 is 0. The van der Waals surface area contributed by atoms with Gasteiger partial charge in [-0.3, -0.25) is 4.79 Å². The predicted molar refractivity (Wildman–Crippen MR) is 62.1 cm³/mol. The maximum absolute atomic E-state index is 11.6. The van der Waals surface area contributed by atoms with Crippen LogP contribution in [0.4, 0.5) is 11.4 Å². The van der Waals surface area contributed by atoms with E-state index < -0.39 is 0 Å². The minimum atomic E-state index is 0.0960. The summed E-state index contributed by atoms with van der Waals surface area (Å²) in [6.45, 7) is 4.11. The van der Waals surface area contributed by atoms with Crippen molar-refractivity contribution < 1.29 is 4.79 Å². The highest BCUT2D eigenvalue weighted by molar-refractivity contribution is 5.96. The molecule has 1 aromatic carbocycles. The third-order valence-corrected chi connectivity index (χ3v) is 2.73. The average molecular weight is 204 g/mol. The standard InChI is InChI=1S/C12H16N2O/c1-3-9-7-12(15)14-11-6-8(2)4-5-10(11)13-9/h4-6,9,13H,3,7H2,1-2H3,(H,14,15). The van der Waals surface area contributed by atoms with Crippen LogP contribution in [-0.4, -0.2) is 11.9 Å². The second-order valence-electron chi connectivity index (χ2n) is 4.05. The second-order valence-corrected chi connectivity index (χ2v) is 4.05. The third kappa shape index (κ3) is 2.12. The molecule has 0 spiro atoms. The van der Waals surface area contributed by atoms with E-state index in [2.05, 4.69) is 23.6 Å². The first-order chi connectivity index (χ1) is 7.19. The van der Waals surface area contributed by atoms with Gasteiger partial charge >= 0.3 is 0 Å². The number of carbonyl (C=O) groups is 1. The third-order valence-electron chi connectivity index (χ3n) is 2.73. The van der Waals surface area contributed by atoms with Crippen molar-refractivity contribution in [3.8, 4) is 0 Å². The van der Waals surface area contributed by atoms with Crippen molar-refractivity contribution in [3.63, 3.8) is 0 Å². The van der Waals surface area contributed by atoms with Crippen LogP contribution in [0.2, 0.25) is 0 Å². The van der Waals surface area contributed by atoms with E-state index in [1.54, 1.807) is 0 Å². The van der Waals surface area contributed by atoms with Gasteiger partial charge in [0.05, 0.1) is 11.4 Å². The maximum Gasteiger partial charge on any atom is 0.226 e. The van der Waals surface area contributed by atoms with Crippen LogP contribution in [0.25, 0.3) is 0 Å². The lowest BCUT2D eigenvalue weighted by Gasteiger charge is -2.14. The van der Waals surface area contributed by atoms with E-state index in [1.165, 1.54) is 0 Å². The zero-order valence-corrected chi connectivity index (χ0v) is 9.13. The summed E-state index contributed by atoms with van der Waals surface area (Å²) in [4.78, 5) is 11.6. The number of hydrogen-bond donors (Lipinski definition) is 2. The van der Waals surface area contributed by atoms with Crippen molar-refractivity contribution in [1.82, 2.24) is 0 Å². The fourth-order valence-electron chi connectivity index (χ4n) is 1.83. The molecule has 0 aromatic heterocycles. The zero-order valence-electron chi connectivity index (χ0n) is 9.13. The number of amides is 1. The van der Waals surface area contributed by atoms with Gasteiger partial charge in [0, 0.05) is 12.5 Å². The monoisotopic (exact) mass is 204 g/mol. The summed E-state index contributed by atoms with van der Waals surface area (Å²) in [6, 6.07) is 6.32. The summed E-state index contributed by atoms with van der Waals surface area (Å²) in [5.74, 6) is 0.0960. The van der Waals surface area contributed by atoms with E-state index in [0.29, 0.717) is 6.42 Å². The predicted octanol–water partition coefficient (Wildman–Crippen LogP) is 2.53. The van der Waals surface area contributed by atoms with Crippen LogP contribution >= 0.6 is 0 Å². The van der Waals surface area contributed by atoms with E-state index in [1.807, 2.05) is 19.1 Å². The molecule has 0 aliphatic carbocycles. The molecule has 0 radical (unpaired) electrons. The number of nitrogens with one attached hydrogen (secondary N) is 2. The Kier molecular flexibility index (Phi) is 2.62. The molecule has 1 aliphatic heterocycles. The summed E-state index contributed by atoms with van der Waals surface area (Å²) in [6.07, 6.45) is 1.50. The first-order valence-electron chi connectivity index (χ1n) is 5.36. The molecule has 1 aliphatic rings. The van der Waals surface area contributed by atoms with Crippen LogP contribution in [0, 0.1) is 6.92 Å². The van der Waals surface area contributed by atoms with Gasteiger partial charge in [0.15, 0.2) is 0 Å². The summed E-state index contributed by atoms with van der Waals surface area (Å²) in [5, 5.41) is 6.31. The van der Waals surface area contributed by atoms with E-state index in [0.717, 1.165) is 23.4 Å². The van der Waals surface area contributed by atoms with Crippen LogP contribution in [0.1, 0.15) is 25.3 Å². The first kappa shape index (κ1) is 10.0. The molecule has 0 bridgehead atoms. The number of anilines is 2. The Morgan fingerprint density at radius 3 is 2.93 bits per heavy atom. The van der Waals surface area contributed by atoms with Crippen LogP contribution < -0.4 is 10.6 Å². The largest absolute Gasteiger partial charge is 0.380 e.